The van der Waals surface area contributed by atoms with E-state index in [4.69, 9.17) is 10.8 Å². The number of nitrogen functional groups attached to an aromatic ring is 1. The molecule has 2 aromatic carbocycles. The summed E-state index contributed by atoms with van der Waals surface area (Å²) in [5, 5.41) is 8.96. The number of nitrogens with two attached hydrogens (primary N) is 1. The van der Waals surface area contributed by atoms with Crippen LogP contribution >= 0.6 is 0 Å². The standard InChI is InChI=1S/C15H11F2NO2/c16-11-7-9(8-12(17)15(11)20)5-6-14(19)10-3-1-2-4-13(10)18/h1-8,20H,18H2. The van der Waals surface area contributed by atoms with Crippen LogP contribution in [0.3, 0.4) is 0 Å². The van der Waals surface area contributed by atoms with Crippen LogP contribution in [0, 0.1) is 11.6 Å². The van der Waals surface area contributed by atoms with E-state index in [0.717, 1.165) is 18.2 Å². The molecule has 0 spiro atoms. The molecule has 0 atom stereocenters. The van der Waals surface area contributed by atoms with Crippen LogP contribution in [0.2, 0.25) is 0 Å². The SMILES string of the molecule is Nc1ccccc1C(=O)C=Cc1cc(F)c(O)c(F)c1. The number of phenols is 1. The van der Waals surface area contributed by atoms with E-state index in [-0.39, 0.29) is 11.3 Å². The smallest absolute Gasteiger partial charge is 0.187 e. The second kappa shape index (κ2) is 5.52. The van der Waals surface area contributed by atoms with Gasteiger partial charge in [-0.2, -0.15) is 0 Å². The maximum atomic E-state index is 13.1. The average molecular weight is 275 g/mol. The van der Waals surface area contributed by atoms with Crippen LogP contribution in [0.5, 0.6) is 5.75 Å². The van der Waals surface area contributed by atoms with Gasteiger partial charge >= 0.3 is 0 Å². The summed E-state index contributed by atoms with van der Waals surface area (Å²) < 4.78 is 26.2. The largest absolute Gasteiger partial charge is 0.503 e. The highest BCUT2D eigenvalue weighted by Gasteiger charge is 2.09. The number of hydrogen-bond acceptors (Lipinski definition) is 3. The lowest BCUT2D eigenvalue weighted by Gasteiger charge is -2.01. The predicted molar refractivity (Wildman–Crippen MR) is 72.2 cm³/mol. The molecule has 0 saturated carbocycles. The molecule has 0 bridgehead atoms. The van der Waals surface area contributed by atoms with E-state index in [9.17, 15) is 13.6 Å². The number of carbonyl (C=O) groups is 1. The molecule has 102 valence electrons. The maximum absolute atomic E-state index is 13.1. The van der Waals surface area contributed by atoms with Gasteiger partial charge in [0.05, 0.1) is 0 Å². The molecule has 20 heavy (non-hydrogen) atoms. The van der Waals surface area contributed by atoms with E-state index in [0.29, 0.717) is 11.3 Å². The number of benzene rings is 2. The van der Waals surface area contributed by atoms with Crippen molar-refractivity contribution < 1.29 is 18.7 Å². The van der Waals surface area contributed by atoms with Crippen molar-refractivity contribution in [3.63, 3.8) is 0 Å². The topological polar surface area (TPSA) is 63.3 Å². The molecule has 0 radical (unpaired) electrons. The molecule has 0 heterocycles. The zero-order chi connectivity index (χ0) is 14.7. The quantitative estimate of drug-likeness (QED) is 0.514. The van der Waals surface area contributed by atoms with Gasteiger partial charge in [0, 0.05) is 11.3 Å². The van der Waals surface area contributed by atoms with Crippen LogP contribution in [-0.2, 0) is 0 Å². The minimum Gasteiger partial charge on any atom is -0.503 e. The van der Waals surface area contributed by atoms with Crippen LogP contribution in [0.25, 0.3) is 6.08 Å². The number of carbonyl (C=O) groups excluding carboxylic acids is 1. The highest BCUT2D eigenvalue weighted by Crippen LogP contribution is 2.22. The first-order valence-corrected chi connectivity index (χ1v) is 5.74. The summed E-state index contributed by atoms with van der Waals surface area (Å²) in [7, 11) is 0. The van der Waals surface area contributed by atoms with Crippen molar-refractivity contribution >= 4 is 17.5 Å². The molecule has 0 aliphatic heterocycles. The molecule has 3 N–H and O–H groups in total. The van der Waals surface area contributed by atoms with E-state index < -0.39 is 17.4 Å². The third-order valence-electron chi connectivity index (χ3n) is 2.69. The van der Waals surface area contributed by atoms with Gasteiger partial charge in [-0.15, -0.1) is 0 Å². The van der Waals surface area contributed by atoms with Gasteiger partial charge in [0.1, 0.15) is 0 Å². The number of phenolic OH excluding ortho intramolecular Hbond substituents is 1. The number of anilines is 1. The maximum Gasteiger partial charge on any atom is 0.187 e. The second-order valence-electron chi connectivity index (χ2n) is 4.12. The monoisotopic (exact) mass is 275 g/mol. The van der Waals surface area contributed by atoms with Gasteiger partial charge in [-0.05, 0) is 35.9 Å². The Morgan fingerprint density at radius 1 is 1.15 bits per heavy atom. The lowest BCUT2D eigenvalue weighted by molar-refractivity contribution is 0.104. The molecule has 0 unspecified atom stereocenters. The Hall–Kier alpha value is -2.69. The number of rotatable bonds is 3. The van der Waals surface area contributed by atoms with Crippen LogP contribution < -0.4 is 5.73 Å². The molecule has 0 aromatic heterocycles. The predicted octanol–water partition coefficient (Wildman–Crippen LogP) is 3.15. The van der Waals surface area contributed by atoms with Gasteiger partial charge in [0.15, 0.2) is 23.2 Å². The van der Waals surface area contributed by atoms with Crippen LogP contribution in [0.4, 0.5) is 14.5 Å². The number of ketones is 1. The zero-order valence-corrected chi connectivity index (χ0v) is 10.3. The Bertz CT molecular complexity index is 673. The molecule has 0 aliphatic carbocycles. The fraction of sp³-hybridized carbons (Fsp3) is 0. The van der Waals surface area contributed by atoms with Crippen molar-refractivity contribution in [2.45, 2.75) is 0 Å². The van der Waals surface area contributed by atoms with Gasteiger partial charge < -0.3 is 10.8 Å². The van der Waals surface area contributed by atoms with E-state index in [1.165, 1.54) is 6.08 Å². The highest BCUT2D eigenvalue weighted by atomic mass is 19.1. The third kappa shape index (κ3) is 2.83. The Morgan fingerprint density at radius 2 is 1.75 bits per heavy atom. The molecule has 2 aromatic rings. The molecule has 0 saturated heterocycles. The zero-order valence-electron chi connectivity index (χ0n) is 10.3. The summed E-state index contributed by atoms with van der Waals surface area (Å²) in [5.74, 6) is -3.59. The summed E-state index contributed by atoms with van der Waals surface area (Å²) in [6.07, 6.45) is 2.41. The molecule has 0 amide bonds. The molecular formula is C15H11F2NO2. The number of halogens is 2. The summed E-state index contributed by atoms with van der Waals surface area (Å²) in [6.45, 7) is 0. The van der Waals surface area contributed by atoms with Gasteiger partial charge in [-0.1, -0.05) is 18.2 Å². The Labute approximate surface area is 114 Å². The van der Waals surface area contributed by atoms with Crippen molar-refractivity contribution in [1.82, 2.24) is 0 Å². The normalized spacial score (nSPS) is 10.9. The van der Waals surface area contributed by atoms with Gasteiger partial charge in [-0.3, -0.25) is 4.79 Å². The molecule has 0 fully saturated rings. The number of para-hydroxylation sites is 1. The third-order valence-corrected chi connectivity index (χ3v) is 2.69. The second-order valence-corrected chi connectivity index (χ2v) is 4.12. The average Bonchev–Trinajstić information content (AvgIpc) is 2.42. The molecule has 5 heteroatoms. The summed E-state index contributed by atoms with van der Waals surface area (Å²) >= 11 is 0. The van der Waals surface area contributed by atoms with Crippen molar-refractivity contribution in [2.24, 2.45) is 0 Å². The number of allylic oxidation sites excluding steroid dienone is 1. The Kier molecular flexibility index (Phi) is 3.79. The van der Waals surface area contributed by atoms with E-state index >= 15 is 0 Å². The molecule has 0 aliphatic rings. The minimum absolute atomic E-state index is 0.126. The lowest BCUT2D eigenvalue weighted by atomic mass is 10.1. The van der Waals surface area contributed by atoms with Gasteiger partial charge in [0.2, 0.25) is 0 Å². The molecular weight excluding hydrogens is 264 g/mol. The molecule has 3 nitrogen and oxygen atoms in total. The summed E-state index contributed by atoms with van der Waals surface area (Å²) in [4.78, 5) is 11.9. The van der Waals surface area contributed by atoms with Crippen molar-refractivity contribution in [1.29, 1.82) is 0 Å². The van der Waals surface area contributed by atoms with Gasteiger partial charge in [0.25, 0.3) is 0 Å². The Morgan fingerprint density at radius 3 is 2.35 bits per heavy atom. The van der Waals surface area contributed by atoms with E-state index in [2.05, 4.69) is 0 Å². The fourth-order valence-corrected chi connectivity index (χ4v) is 1.66. The van der Waals surface area contributed by atoms with Crippen molar-refractivity contribution in [3.8, 4) is 5.75 Å². The first-order valence-electron chi connectivity index (χ1n) is 5.74. The summed E-state index contributed by atoms with van der Waals surface area (Å²) in [5.41, 5.74) is 6.41. The van der Waals surface area contributed by atoms with Crippen LogP contribution in [-0.4, -0.2) is 10.9 Å². The van der Waals surface area contributed by atoms with Crippen LogP contribution in [0.15, 0.2) is 42.5 Å². The summed E-state index contributed by atoms with van der Waals surface area (Å²) in [6, 6.07) is 8.35. The van der Waals surface area contributed by atoms with Crippen molar-refractivity contribution in [2.75, 3.05) is 5.73 Å². The van der Waals surface area contributed by atoms with Gasteiger partial charge in [-0.25, -0.2) is 8.78 Å². The van der Waals surface area contributed by atoms with Crippen molar-refractivity contribution in [3.05, 3.63) is 65.2 Å². The Balaban J connectivity index is 2.26. The number of hydrogen-bond donors (Lipinski definition) is 2. The minimum atomic E-state index is -1.09. The van der Waals surface area contributed by atoms with Crippen LogP contribution in [0.1, 0.15) is 15.9 Å². The number of aromatic hydroxyl groups is 1. The van der Waals surface area contributed by atoms with E-state index in [1.807, 2.05) is 0 Å². The molecule has 2 rings (SSSR count). The highest BCUT2D eigenvalue weighted by molar-refractivity contribution is 6.10. The fourth-order valence-electron chi connectivity index (χ4n) is 1.66. The van der Waals surface area contributed by atoms with E-state index in [1.54, 1.807) is 24.3 Å². The lowest BCUT2D eigenvalue weighted by Crippen LogP contribution is -2.00. The first kappa shape index (κ1) is 13.7. The first-order chi connectivity index (χ1) is 9.49.